The summed E-state index contributed by atoms with van der Waals surface area (Å²) in [4.78, 5) is 1.90. The Hall–Kier alpha value is -0.550. The van der Waals surface area contributed by atoms with Crippen LogP contribution in [0.5, 0.6) is 0 Å². The highest BCUT2D eigenvalue weighted by molar-refractivity contribution is 4.59. The second kappa shape index (κ2) is 9.98. The van der Waals surface area contributed by atoms with Crippen LogP contribution in [-0.2, 0) is 0 Å². The van der Waals surface area contributed by atoms with Crippen molar-refractivity contribution in [3.8, 4) is 0 Å². The Morgan fingerprint density at radius 1 is 1.20 bits per heavy atom. The highest BCUT2D eigenvalue weighted by Gasteiger charge is 2.23. The Labute approximate surface area is 95.3 Å². The molecule has 0 saturated carbocycles. The molecule has 0 amide bonds. The molecule has 0 aromatic carbocycles. The van der Waals surface area contributed by atoms with E-state index >= 15 is 0 Å². The Kier molecular flexibility index (Phi) is 9.62. The molecule has 1 N–H and O–H groups in total. The highest BCUT2D eigenvalue weighted by Crippen LogP contribution is 2.05. The lowest BCUT2D eigenvalue weighted by Crippen LogP contribution is -3.16. The molecule has 1 aliphatic rings. The van der Waals surface area contributed by atoms with Gasteiger partial charge in [-0.05, 0) is 38.5 Å². The van der Waals surface area contributed by atoms with Crippen molar-refractivity contribution < 1.29 is 4.90 Å². The predicted molar refractivity (Wildman–Crippen MR) is 63.1 cm³/mol. The van der Waals surface area contributed by atoms with Gasteiger partial charge in [0, 0.05) is 0 Å². The first kappa shape index (κ1) is 14.5. The number of nitrogens with zero attached hydrogens (tertiary/aromatic N) is 1. The minimum atomic E-state index is 0.991. The van der Waals surface area contributed by atoms with Crippen molar-refractivity contribution in [3.63, 3.8) is 0 Å². The maximum absolute atomic E-state index is 6.25. The number of hydrogen-bond donors (Lipinski definition) is 1. The summed E-state index contributed by atoms with van der Waals surface area (Å²) in [5, 5.41) is 6.25. The van der Waals surface area contributed by atoms with Crippen molar-refractivity contribution in [3.05, 3.63) is 6.57 Å². The molecule has 0 bridgehead atoms. The van der Waals surface area contributed by atoms with Crippen LogP contribution in [0.2, 0.25) is 0 Å². The molecule has 2 heteroatoms. The lowest BCUT2D eigenvalue weighted by atomic mass is 9.99. The molecule has 1 heterocycles. The van der Waals surface area contributed by atoms with E-state index in [1.54, 1.807) is 0 Å². The Morgan fingerprint density at radius 2 is 1.93 bits per heavy atom. The third-order valence-electron chi connectivity index (χ3n) is 3.47. The van der Waals surface area contributed by atoms with Crippen LogP contribution in [0.4, 0.5) is 0 Å². The van der Waals surface area contributed by atoms with Gasteiger partial charge in [-0.25, -0.2) is 0 Å². The zero-order chi connectivity index (χ0) is 11.5. The van der Waals surface area contributed by atoms with Crippen molar-refractivity contribution in [1.29, 1.82) is 5.26 Å². The Balaban J connectivity index is 0.000000921. The highest BCUT2D eigenvalue weighted by atomic mass is 15.2. The summed E-state index contributed by atoms with van der Waals surface area (Å²) < 4.78 is 0. The van der Waals surface area contributed by atoms with E-state index in [-0.39, 0.29) is 0 Å². The Bertz CT molecular complexity index is 154. The molecule has 15 heavy (non-hydrogen) atoms. The van der Waals surface area contributed by atoms with Crippen LogP contribution in [0.3, 0.4) is 0 Å². The fraction of sp³-hybridized carbons (Fsp3) is 0.923. The fourth-order valence-corrected chi connectivity index (χ4v) is 2.58. The van der Waals surface area contributed by atoms with Crippen LogP contribution in [0, 0.1) is 11.8 Å². The third-order valence-corrected chi connectivity index (χ3v) is 3.47. The van der Waals surface area contributed by atoms with Gasteiger partial charge in [0.05, 0.1) is 19.1 Å². The molecule has 2 atom stereocenters. The summed E-state index contributed by atoms with van der Waals surface area (Å²) in [6, 6.07) is 0.991. The van der Waals surface area contributed by atoms with E-state index in [1.807, 2.05) is 4.90 Å². The second-order valence-corrected chi connectivity index (χ2v) is 4.47. The minimum absolute atomic E-state index is 0.991. The lowest BCUT2D eigenvalue weighted by molar-refractivity contribution is -0.931. The summed E-state index contributed by atoms with van der Waals surface area (Å²) in [7, 11) is 0. The molecule has 0 spiro atoms. The number of likely N-dealkylation sites (tertiary alicyclic amines) is 1. The molecule has 1 aliphatic heterocycles. The van der Waals surface area contributed by atoms with Crippen LogP contribution < -0.4 is 4.90 Å². The molecule has 1 rings (SSSR count). The van der Waals surface area contributed by atoms with E-state index in [9.17, 15) is 0 Å². The quantitative estimate of drug-likeness (QED) is 0.546. The van der Waals surface area contributed by atoms with Gasteiger partial charge in [-0.1, -0.05) is 20.3 Å². The molecule has 2 nitrogen and oxygen atoms in total. The van der Waals surface area contributed by atoms with Crippen molar-refractivity contribution in [2.45, 2.75) is 64.8 Å². The summed E-state index contributed by atoms with van der Waals surface area (Å²) in [6.45, 7) is 12.3. The molecule has 1 fully saturated rings. The van der Waals surface area contributed by atoms with Gasteiger partial charge in [-0.2, -0.15) is 0 Å². The van der Waals surface area contributed by atoms with E-state index < -0.39 is 0 Å². The number of quaternary nitrogens is 1. The second-order valence-electron chi connectivity index (χ2n) is 4.47. The first-order valence-corrected chi connectivity index (χ1v) is 6.45. The van der Waals surface area contributed by atoms with Gasteiger partial charge in [0.15, 0.2) is 0 Å². The van der Waals surface area contributed by atoms with E-state index in [0.717, 1.165) is 6.04 Å². The van der Waals surface area contributed by atoms with E-state index in [1.165, 1.54) is 58.0 Å². The van der Waals surface area contributed by atoms with Crippen molar-refractivity contribution in [2.75, 3.05) is 13.1 Å². The minimum Gasteiger partial charge on any atom is -0.512 e. The van der Waals surface area contributed by atoms with Crippen LogP contribution in [0.1, 0.15) is 58.8 Å². The summed E-state index contributed by atoms with van der Waals surface area (Å²) >= 11 is 0. The summed E-state index contributed by atoms with van der Waals surface area (Å²) in [6.07, 6.45) is 10.1. The van der Waals surface area contributed by atoms with E-state index in [4.69, 9.17) is 11.8 Å². The average molecular weight is 210 g/mol. The first-order chi connectivity index (χ1) is 7.38. The van der Waals surface area contributed by atoms with Crippen LogP contribution >= 0.6 is 0 Å². The lowest BCUT2D eigenvalue weighted by Gasteiger charge is -2.32. The van der Waals surface area contributed by atoms with Gasteiger partial charge in [-0.15, -0.1) is 0 Å². The van der Waals surface area contributed by atoms with Gasteiger partial charge in [0.25, 0.3) is 0 Å². The van der Waals surface area contributed by atoms with Gasteiger partial charge < -0.3 is 16.7 Å². The molecule has 0 radical (unpaired) electrons. The monoisotopic (exact) mass is 210 g/mol. The van der Waals surface area contributed by atoms with Gasteiger partial charge in [0.2, 0.25) is 0 Å². The SMILES string of the molecule is CCCCC[NH+]1CCCCC1CC.[C-]#N. The number of nitrogens with one attached hydrogen (secondary N) is 1. The molecule has 0 aromatic rings. The number of hydrogen-bond acceptors (Lipinski definition) is 1. The summed E-state index contributed by atoms with van der Waals surface area (Å²) in [5.41, 5.74) is 0. The first-order valence-electron chi connectivity index (χ1n) is 6.45. The number of rotatable bonds is 5. The molecule has 88 valence electrons. The molecular weight excluding hydrogens is 184 g/mol. The molecule has 0 aliphatic carbocycles. The van der Waals surface area contributed by atoms with Gasteiger partial charge in [0.1, 0.15) is 0 Å². The smallest absolute Gasteiger partial charge is 0.0872 e. The average Bonchev–Trinajstić information content (AvgIpc) is 2.33. The largest absolute Gasteiger partial charge is 0.512 e. The maximum atomic E-state index is 6.25. The molecule has 2 unspecified atom stereocenters. The zero-order valence-electron chi connectivity index (χ0n) is 10.4. The predicted octanol–water partition coefficient (Wildman–Crippen LogP) is 2.12. The topological polar surface area (TPSA) is 28.2 Å². The van der Waals surface area contributed by atoms with Crippen LogP contribution in [0.15, 0.2) is 0 Å². The van der Waals surface area contributed by atoms with E-state index in [0.29, 0.717) is 0 Å². The third kappa shape index (κ3) is 5.79. The van der Waals surface area contributed by atoms with Gasteiger partial charge in [-0.3, -0.25) is 0 Å². The van der Waals surface area contributed by atoms with Crippen molar-refractivity contribution in [2.24, 2.45) is 0 Å². The van der Waals surface area contributed by atoms with Gasteiger partial charge >= 0.3 is 0 Å². The Morgan fingerprint density at radius 3 is 2.53 bits per heavy atom. The summed E-state index contributed by atoms with van der Waals surface area (Å²) in [5.74, 6) is 0. The zero-order valence-corrected chi connectivity index (χ0v) is 10.4. The van der Waals surface area contributed by atoms with E-state index in [2.05, 4.69) is 13.8 Å². The molecule has 0 aromatic heterocycles. The van der Waals surface area contributed by atoms with Crippen LogP contribution in [0.25, 0.3) is 0 Å². The van der Waals surface area contributed by atoms with Crippen molar-refractivity contribution >= 4 is 0 Å². The van der Waals surface area contributed by atoms with Crippen molar-refractivity contribution in [1.82, 2.24) is 0 Å². The number of piperidine rings is 1. The van der Waals surface area contributed by atoms with Crippen LogP contribution in [-0.4, -0.2) is 19.1 Å². The molecular formula is C13H26N2. The fourth-order valence-electron chi connectivity index (χ4n) is 2.58. The maximum Gasteiger partial charge on any atom is 0.0872 e. The standard InChI is InChI=1S/C12H25N.CN/c1-3-5-7-10-13-11-8-6-9-12(13)4-2;1-2/h12H,3-11H2,1-2H3;/q;-1/p+1. The normalized spacial score (nSPS) is 25.3. The molecule has 1 saturated heterocycles. The number of unbranched alkanes of at least 4 members (excludes halogenated alkanes) is 2.